The van der Waals surface area contributed by atoms with E-state index in [1.807, 2.05) is 24.3 Å². The van der Waals surface area contributed by atoms with Gasteiger partial charge in [-0.25, -0.2) is 0 Å². The van der Waals surface area contributed by atoms with Crippen LogP contribution < -0.4 is 0 Å². The van der Waals surface area contributed by atoms with Crippen LogP contribution in [0.2, 0.25) is 5.02 Å². The van der Waals surface area contributed by atoms with Crippen molar-refractivity contribution in [1.29, 1.82) is 5.26 Å². The molecule has 66 valence electrons. The van der Waals surface area contributed by atoms with Gasteiger partial charge in [0.15, 0.2) is 0 Å². The minimum atomic E-state index is 0.0808. The molecule has 0 spiro atoms. The van der Waals surface area contributed by atoms with E-state index in [0.717, 1.165) is 10.6 Å². The van der Waals surface area contributed by atoms with Gasteiger partial charge >= 0.3 is 0 Å². The molecule has 2 heteroatoms. The van der Waals surface area contributed by atoms with E-state index < -0.39 is 0 Å². The smallest absolute Gasteiger partial charge is 0.0740 e. The highest BCUT2D eigenvalue weighted by atomic mass is 35.5. The van der Waals surface area contributed by atoms with Gasteiger partial charge in [0.1, 0.15) is 0 Å². The van der Waals surface area contributed by atoms with E-state index in [0.29, 0.717) is 5.92 Å². The number of halogens is 1. The van der Waals surface area contributed by atoms with Gasteiger partial charge in [0.05, 0.1) is 12.0 Å². The zero-order valence-corrected chi connectivity index (χ0v) is 7.96. The first kappa shape index (κ1) is 8.59. The molecule has 1 aromatic rings. The van der Waals surface area contributed by atoms with E-state index in [-0.39, 0.29) is 5.92 Å². The SMILES string of the molecule is N#CC(c1ccc(Cl)cc1)C1CC1. The van der Waals surface area contributed by atoms with Crippen LogP contribution in [0.15, 0.2) is 24.3 Å². The Morgan fingerprint density at radius 1 is 1.31 bits per heavy atom. The van der Waals surface area contributed by atoms with Crippen LogP contribution in [0.1, 0.15) is 24.3 Å². The van der Waals surface area contributed by atoms with Crippen molar-refractivity contribution in [2.24, 2.45) is 5.92 Å². The summed E-state index contributed by atoms with van der Waals surface area (Å²) in [6.07, 6.45) is 2.39. The fourth-order valence-corrected chi connectivity index (χ4v) is 1.68. The summed E-state index contributed by atoms with van der Waals surface area (Å²) in [5.41, 5.74) is 1.11. The Labute approximate surface area is 82.9 Å². The van der Waals surface area contributed by atoms with Crippen LogP contribution in [-0.4, -0.2) is 0 Å². The molecular formula is C11H10ClN. The zero-order valence-electron chi connectivity index (χ0n) is 7.20. The van der Waals surface area contributed by atoms with Gasteiger partial charge in [-0.1, -0.05) is 23.7 Å². The van der Waals surface area contributed by atoms with Crippen molar-refractivity contribution in [2.75, 3.05) is 0 Å². The third-order valence-corrected chi connectivity index (χ3v) is 2.71. The number of nitriles is 1. The van der Waals surface area contributed by atoms with Gasteiger partial charge in [0.25, 0.3) is 0 Å². The van der Waals surface area contributed by atoms with Gasteiger partial charge in [0.2, 0.25) is 0 Å². The molecule has 0 amide bonds. The fourth-order valence-electron chi connectivity index (χ4n) is 1.55. The second-order valence-electron chi connectivity index (χ2n) is 3.50. The summed E-state index contributed by atoms with van der Waals surface area (Å²) < 4.78 is 0. The van der Waals surface area contributed by atoms with E-state index in [2.05, 4.69) is 6.07 Å². The Morgan fingerprint density at radius 2 is 1.92 bits per heavy atom. The predicted molar refractivity (Wildman–Crippen MR) is 52.5 cm³/mol. The maximum atomic E-state index is 8.98. The molecule has 0 aromatic heterocycles. The Bertz CT molecular complexity index is 332. The lowest BCUT2D eigenvalue weighted by molar-refractivity contribution is 0.740. The molecule has 0 bridgehead atoms. The maximum absolute atomic E-state index is 8.98. The first-order valence-corrected chi connectivity index (χ1v) is 4.84. The fraction of sp³-hybridized carbons (Fsp3) is 0.364. The molecule has 1 aromatic carbocycles. The summed E-state index contributed by atoms with van der Waals surface area (Å²) >= 11 is 5.77. The molecule has 1 aliphatic carbocycles. The topological polar surface area (TPSA) is 23.8 Å². The molecule has 0 saturated heterocycles. The largest absolute Gasteiger partial charge is 0.198 e. The van der Waals surface area contributed by atoms with Crippen LogP contribution in [0.5, 0.6) is 0 Å². The summed E-state index contributed by atoms with van der Waals surface area (Å²) in [5.74, 6) is 0.670. The monoisotopic (exact) mass is 191 g/mol. The summed E-state index contributed by atoms with van der Waals surface area (Å²) in [7, 11) is 0. The molecule has 1 saturated carbocycles. The summed E-state index contributed by atoms with van der Waals surface area (Å²) in [6.45, 7) is 0. The highest BCUT2D eigenvalue weighted by molar-refractivity contribution is 6.30. The molecule has 0 N–H and O–H groups in total. The Kier molecular flexibility index (Phi) is 2.24. The lowest BCUT2D eigenvalue weighted by Crippen LogP contribution is -1.96. The maximum Gasteiger partial charge on any atom is 0.0740 e. The van der Waals surface area contributed by atoms with Gasteiger partial charge in [-0.3, -0.25) is 0 Å². The molecular weight excluding hydrogens is 182 g/mol. The van der Waals surface area contributed by atoms with E-state index in [9.17, 15) is 0 Å². The lowest BCUT2D eigenvalue weighted by Gasteiger charge is -2.06. The van der Waals surface area contributed by atoms with Gasteiger partial charge in [-0.2, -0.15) is 5.26 Å². The molecule has 1 nitrogen and oxygen atoms in total. The van der Waals surface area contributed by atoms with Crippen LogP contribution in [-0.2, 0) is 0 Å². The molecule has 2 rings (SSSR count). The second-order valence-corrected chi connectivity index (χ2v) is 3.93. The van der Waals surface area contributed by atoms with Gasteiger partial charge in [-0.05, 0) is 36.5 Å². The highest BCUT2D eigenvalue weighted by Gasteiger charge is 2.32. The third kappa shape index (κ3) is 1.84. The summed E-state index contributed by atoms with van der Waals surface area (Å²) in [4.78, 5) is 0. The average Bonchev–Trinajstić information content (AvgIpc) is 2.93. The van der Waals surface area contributed by atoms with E-state index in [1.165, 1.54) is 12.8 Å². The van der Waals surface area contributed by atoms with Crippen LogP contribution in [0.3, 0.4) is 0 Å². The molecule has 13 heavy (non-hydrogen) atoms. The van der Waals surface area contributed by atoms with Crippen LogP contribution >= 0.6 is 11.6 Å². The van der Waals surface area contributed by atoms with Gasteiger partial charge < -0.3 is 0 Å². The standard InChI is InChI=1S/C11H10ClN/c12-10-5-3-9(4-6-10)11(7-13)8-1-2-8/h3-6,8,11H,1-2H2. The van der Waals surface area contributed by atoms with Gasteiger partial charge in [-0.15, -0.1) is 0 Å². The first-order chi connectivity index (χ1) is 6.31. The molecule has 0 heterocycles. The Balaban J connectivity index is 2.23. The second kappa shape index (κ2) is 3.40. The molecule has 1 unspecified atom stereocenters. The summed E-state index contributed by atoms with van der Waals surface area (Å²) in [6, 6.07) is 9.96. The predicted octanol–water partition coefficient (Wildman–Crippen LogP) is 3.36. The van der Waals surface area contributed by atoms with Crippen molar-refractivity contribution in [2.45, 2.75) is 18.8 Å². The Hall–Kier alpha value is -1.00. The van der Waals surface area contributed by atoms with Gasteiger partial charge in [0, 0.05) is 5.02 Å². The van der Waals surface area contributed by atoms with Crippen LogP contribution in [0.25, 0.3) is 0 Å². The van der Waals surface area contributed by atoms with Crippen molar-refractivity contribution >= 4 is 11.6 Å². The summed E-state index contributed by atoms with van der Waals surface area (Å²) in [5, 5.41) is 9.71. The third-order valence-electron chi connectivity index (χ3n) is 2.46. The quantitative estimate of drug-likeness (QED) is 0.703. The molecule has 1 aliphatic rings. The minimum absolute atomic E-state index is 0.0808. The normalized spacial score (nSPS) is 17.8. The number of benzene rings is 1. The Morgan fingerprint density at radius 3 is 2.38 bits per heavy atom. The van der Waals surface area contributed by atoms with E-state index in [1.54, 1.807) is 0 Å². The van der Waals surface area contributed by atoms with Crippen molar-refractivity contribution in [3.63, 3.8) is 0 Å². The van der Waals surface area contributed by atoms with Crippen molar-refractivity contribution < 1.29 is 0 Å². The van der Waals surface area contributed by atoms with Crippen molar-refractivity contribution in [1.82, 2.24) is 0 Å². The molecule has 0 radical (unpaired) electrons. The zero-order chi connectivity index (χ0) is 9.26. The number of hydrogen-bond donors (Lipinski definition) is 0. The van der Waals surface area contributed by atoms with Crippen LogP contribution in [0.4, 0.5) is 0 Å². The number of nitrogens with zero attached hydrogens (tertiary/aromatic N) is 1. The van der Waals surface area contributed by atoms with Crippen molar-refractivity contribution in [3.05, 3.63) is 34.9 Å². The minimum Gasteiger partial charge on any atom is -0.198 e. The number of hydrogen-bond acceptors (Lipinski definition) is 1. The van der Waals surface area contributed by atoms with E-state index in [4.69, 9.17) is 16.9 Å². The molecule has 0 aliphatic heterocycles. The van der Waals surface area contributed by atoms with Crippen LogP contribution in [0, 0.1) is 17.2 Å². The first-order valence-electron chi connectivity index (χ1n) is 4.46. The lowest BCUT2D eigenvalue weighted by atomic mass is 9.96. The molecule has 1 atom stereocenters. The number of rotatable bonds is 2. The molecule has 1 fully saturated rings. The highest BCUT2D eigenvalue weighted by Crippen LogP contribution is 2.42. The average molecular weight is 192 g/mol. The van der Waals surface area contributed by atoms with E-state index >= 15 is 0 Å². The van der Waals surface area contributed by atoms with Crippen molar-refractivity contribution in [3.8, 4) is 6.07 Å².